The highest BCUT2D eigenvalue weighted by Crippen LogP contribution is 2.33. The van der Waals surface area contributed by atoms with Crippen LogP contribution in [0.1, 0.15) is 23.2 Å². The number of aromatic amines is 1. The first-order chi connectivity index (χ1) is 12.1. The molecule has 1 aliphatic rings. The number of nitrogens with one attached hydrogen (secondary N) is 1. The molecule has 2 aromatic heterocycles. The van der Waals surface area contributed by atoms with Crippen molar-refractivity contribution in [1.29, 1.82) is 0 Å². The SMILES string of the molecule is O=C(c1cnc(Oc2ccc(Cl)c(O)c2)c2cc[nH]c12)N1CCCC1. The highest BCUT2D eigenvalue weighted by atomic mass is 35.5. The first-order valence-corrected chi connectivity index (χ1v) is 8.43. The predicted molar refractivity (Wildman–Crippen MR) is 94.4 cm³/mol. The van der Waals surface area contributed by atoms with Crippen LogP contribution >= 0.6 is 11.6 Å². The van der Waals surface area contributed by atoms with E-state index in [9.17, 15) is 9.90 Å². The Morgan fingerprint density at radius 2 is 2.08 bits per heavy atom. The average molecular weight is 358 g/mol. The summed E-state index contributed by atoms with van der Waals surface area (Å²) in [5, 5.41) is 10.7. The van der Waals surface area contributed by atoms with Gasteiger partial charge in [0.1, 0.15) is 11.5 Å². The molecule has 0 saturated carbocycles. The summed E-state index contributed by atoms with van der Waals surface area (Å²) in [6.07, 6.45) is 5.35. The minimum atomic E-state index is -0.0645. The number of ether oxygens (including phenoxy) is 1. The molecule has 0 unspecified atom stereocenters. The van der Waals surface area contributed by atoms with Gasteiger partial charge < -0.3 is 19.7 Å². The zero-order chi connectivity index (χ0) is 17.4. The molecule has 3 aromatic rings. The number of hydrogen-bond acceptors (Lipinski definition) is 4. The maximum absolute atomic E-state index is 12.7. The van der Waals surface area contributed by atoms with Crippen molar-refractivity contribution in [1.82, 2.24) is 14.9 Å². The first-order valence-electron chi connectivity index (χ1n) is 8.05. The number of H-pyrrole nitrogens is 1. The number of carbonyl (C=O) groups is 1. The van der Waals surface area contributed by atoms with Crippen LogP contribution in [0.5, 0.6) is 17.4 Å². The van der Waals surface area contributed by atoms with Crippen molar-refractivity contribution < 1.29 is 14.6 Å². The Kier molecular flexibility index (Phi) is 3.97. The third-order valence-electron chi connectivity index (χ3n) is 4.31. The summed E-state index contributed by atoms with van der Waals surface area (Å²) in [5.41, 5.74) is 1.23. The van der Waals surface area contributed by atoms with E-state index in [1.807, 2.05) is 11.0 Å². The highest BCUT2D eigenvalue weighted by molar-refractivity contribution is 6.32. The number of pyridine rings is 1. The summed E-state index contributed by atoms with van der Waals surface area (Å²) in [6, 6.07) is 6.43. The third kappa shape index (κ3) is 2.89. The maximum Gasteiger partial charge on any atom is 0.257 e. The van der Waals surface area contributed by atoms with Gasteiger partial charge in [-0.25, -0.2) is 4.98 Å². The Bertz CT molecular complexity index is 948. The predicted octanol–water partition coefficient (Wildman–Crippen LogP) is 3.95. The number of aromatic hydroxyl groups is 1. The molecule has 1 fully saturated rings. The standard InChI is InChI=1S/C18H16ClN3O3/c19-14-4-3-11(9-15(14)23)25-17-12-5-6-20-16(12)13(10-21-17)18(24)22-7-1-2-8-22/h3-6,9-10,20,23H,1-2,7-8H2. The molecule has 3 heterocycles. The lowest BCUT2D eigenvalue weighted by atomic mass is 10.2. The van der Waals surface area contributed by atoms with Gasteiger partial charge in [-0.2, -0.15) is 0 Å². The number of hydrogen-bond donors (Lipinski definition) is 2. The van der Waals surface area contributed by atoms with Crippen LogP contribution in [0, 0.1) is 0 Å². The van der Waals surface area contributed by atoms with Gasteiger partial charge in [-0.1, -0.05) is 11.6 Å². The summed E-state index contributed by atoms with van der Waals surface area (Å²) in [6.45, 7) is 1.56. The molecule has 1 amide bonds. The van der Waals surface area contributed by atoms with Crippen LogP contribution in [-0.4, -0.2) is 39.0 Å². The van der Waals surface area contributed by atoms with Crippen LogP contribution in [0.25, 0.3) is 10.9 Å². The van der Waals surface area contributed by atoms with E-state index < -0.39 is 0 Å². The quantitative estimate of drug-likeness (QED) is 0.744. The second kappa shape index (κ2) is 6.29. The van der Waals surface area contributed by atoms with E-state index in [1.165, 1.54) is 12.3 Å². The number of aromatic nitrogens is 2. The van der Waals surface area contributed by atoms with Crippen molar-refractivity contribution in [2.24, 2.45) is 0 Å². The van der Waals surface area contributed by atoms with E-state index in [0.29, 0.717) is 28.1 Å². The van der Waals surface area contributed by atoms with E-state index in [-0.39, 0.29) is 16.7 Å². The van der Waals surface area contributed by atoms with E-state index in [2.05, 4.69) is 9.97 Å². The van der Waals surface area contributed by atoms with E-state index >= 15 is 0 Å². The number of carbonyl (C=O) groups excluding carboxylic acids is 1. The van der Waals surface area contributed by atoms with Crippen LogP contribution in [0.4, 0.5) is 0 Å². The Balaban J connectivity index is 1.69. The molecule has 25 heavy (non-hydrogen) atoms. The topological polar surface area (TPSA) is 78.5 Å². The van der Waals surface area contributed by atoms with Crippen molar-refractivity contribution >= 4 is 28.4 Å². The Labute approximate surface area is 149 Å². The van der Waals surface area contributed by atoms with E-state index in [4.69, 9.17) is 16.3 Å². The number of likely N-dealkylation sites (tertiary alicyclic amines) is 1. The van der Waals surface area contributed by atoms with Crippen molar-refractivity contribution in [3.63, 3.8) is 0 Å². The van der Waals surface area contributed by atoms with Crippen molar-refractivity contribution in [3.8, 4) is 17.4 Å². The number of nitrogens with zero attached hydrogens (tertiary/aromatic N) is 2. The summed E-state index contributed by atoms with van der Waals surface area (Å²) >= 11 is 5.81. The lowest BCUT2D eigenvalue weighted by molar-refractivity contribution is 0.0794. The minimum absolute atomic E-state index is 0.0202. The number of amides is 1. The van der Waals surface area contributed by atoms with Gasteiger partial charge >= 0.3 is 0 Å². The lowest BCUT2D eigenvalue weighted by Gasteiger charge is -2.16. The molecule has 0 bridgehead atoms. The van der Waals surface area contributed by atoms with Gasteiger partial charge in [0.05, 0.1) is 21.5 Å². The van der Waals surface area contributed by atoms with Crippen molar-refractivity contribution in [2.75, 3.05) is 13.1 Å². The molecule has 0 spiro atoms. The zero-order valence-corrected chi connectivity index (χ0v) is 14.1. The zero-order valence-electron chi connectivity index (χ0n) is 13.3. The fourth-order valence-corrected chi connectivity index (χ4v) is 3.15. The van der Waals surface area contributed by atoms with Gasteiger partial charge in [0.15, 0.2) is 0 Å². The number of fused-ring (bicyclic) bond motifs is 1. The number of phenolic OH excluding ortho intramolecular Hbond substituents is 1. The van der Waals surface area contributed by atoms with E-state index in [0.717, 1.165) is 25.9 Å². The molecule has 2 N–H and O–H groups in total. The Hall–Kier alpha value is -2.73. The summed E-state index contributed by atoms with van der Waals surface area (Å²) in [4.78, 5) is 21.9. The molecular formula is C18H16ClN3O3. The van der Waals surface area contributed by atoms with Crippen molar-refractivity contribution in [3.05, 3.63) is 47.2 Å². The van der Waals surface area contributed by atoms with Gasteiger partial charge in [-0.3, -0.25) is 4.79 Å². The number of halogens is 1. The molecule has 6 nitrogen and oxygen atoms in total. The normalized spacial score (nSPS) is 14.2. The van der Waals surface area contributed by atoms with E-state index in [1.54, 1.807) is 18.3 Å². The highest BCUT2D eigenvalue weighted by Gasteiger charge is 2.23. The monoisotopic (exact) mass is 357 g/mol. The van der Waals surface area contributed by atoms with Gasteiger partial charge in [-0.05, 0) is 31.0 Å². The Morgan fingerprint density at radius 3 is 2.84 bits per heavy atom. The largest absolute Gasteiger partial charge is 0.506 e. The molecule has 0 aliphatic carbocycles. The van der Waals surface area contributed by atoms with Crippen molar-refractivity contribution in [2.45, 2.75) is 12.8 Å². The fraction of sp³-hybridized carbons (Fsp3) is 0.222. The molecule has 1 aliphatic heterocycles. The molecule has 4 rings (SSSR count). The van der Waals surface area contributed by atoms with Crippen LogP contribution < -0.4 is 4.74 Å². The summed E-state index contributed by atoms with van der Waals surface area (Å²) in [7, 11) is 0. The minimum Gasteiger partial charge on any atom is -0.506 e. The molecule has 1 aromatic carbocycles. The molecular weight excluding hydrogens is 342 g/mol. The first kappa shape index (κ1) is 15.8. The summed E-state index contributed by atoms with van der Waals surface area (Å²) in [5.74, 6) is 0.685. The number of benzene rings is 1. The van der Waals surface area contributed by atoms with Gasteiger partial charge in [0.2, 0.25) is 5.88 Å². The molecule has 0 radical (unpaired) electrons. The van der Waals surface area contributed by atoms with Gasteiger partial charge in [0, 0.05) is 31.5 Å². The number of rotatable bonds is 3. The van der Waals surface area contributed by atoms with Gasteiger partial charge in [-0.15, -0.1) is 0 Å². The van der Waals surface area contributed by atoms with Crippen LogP contribution in [0.15, 0.2) is 36.7 Å². The van der Waals surface area contributed by atoms with Crippen LogP contribution in [-0.2, 0) is 0 Å². The smallest absolute Gasteiger partial charge is 0.257 e. The second-order valence-corrected chi connectivity index (χ2v) is 6.37. The maximum atomic E-state index is 12.7. The molecule has 7 heteroatoms. The lowest BCUT2D eigenvalue weighted by Crippen LogP contribution is -2.27. The number of phenols is 1. The molecule has 128 valence electrons. The summed E-state index contributed by atoms with van der Waals surface area (Å²) < 4.78 is 5.77. The third-order valence-corrected chi connectivity index (χ3v) is 4.63. The van der Waals surface area contributed by atoms with Crippen LogP contribution in [0.3, 0.4) is 0 Å². The molecule has 1 saturated heterocycles. The second-order valence-electron chi connectivity index (χ2n) is 5.96. The molecule has 0 atom stereocenters. The fourth-order valence-electron chi connectivity index (χ4n) is 3.03. The van der Waals surface area contributed by atoms with Crippen LogP contribution in [0.2, 0.25) is 5.02 Å². The average Bonchev–Trinajstić information content (AvgIpc) is 3.29. The Morgan fingerprint density at radius 1 is 1.28 bits per heavy atom. The van der Waals surface area contributed by atoms with Gasteiger partial charge in [0.25, 0.3) is 5.91 Å².